The predicted octanol–water partition coefficient (Wildman–Crippen LogP) is 5.01. The van der Waals surface area contributed by atoms with Gasteiger partial charge < -0.3 is 10.1 Å². The standard InChI is InChI=1S/C26H27NO2/c1-19-7-9-22(10-8-19)24-15-16-27-17-26(24)29-18-25(28)23-13-11-21(12-14-23)20-5-3-2-4-6-20/h2-14,24,26-27H,15-18H2,1H3/t24-,26+/m1/s1. The molecule has 1 fully saturated rings. The van der Waals surface area contributed by atoms with Crippen molar-refractivity contribution in [2.75, 3.05) is 19.7 Å². The van der Waals surface area contributed by atoms with Gasteiger partial charge in [-0.1, -0.05) is 84.4 Å². The molecule has 1 saturated heterocycles. The summed E-state index contributed by atoms with van der Waals surface area (Å²) >= 11 is 0. The van der Waals surface area contributed by atoms with E-state index in [1.54, 1.807) is 0 Å². The zero-order valence-corrected chi connectivity index (χ0v) is 16.8. The van der Waals surface area contributed by atoms with E-state index < -0.39 is 0 Å². The van der Waals surface area contributed by atoms with Crippen molar-refractivity contribution in [1.82, 2.24) is 5.32 Å². The summed E-state index contributed by atoms with van der Waals surface area (Å²) in [5.74, 6) is 0.350. The molecular formula is C26H27NO2. The zero-order chi connectivity index (χ0) is 20.1. The molecule has 3 nitrogen and oxygen atoms in total. The highest BCUT2D eigenvalue weighted by molar-refractivity contribution is 5.97. The molecule has 1 aliphatic rings. The van der Waals surface area contributed by atoms with Crippen LogP contribution >= 0.6 is 0 Å². The van der Waals surface area contributed by atoms with Gasteiger partial charge in [-0.25, -0.2) is 0 Å². The van der Waals surface area contributed by atoms with Crippen LogP contribution < -0.4 is 5.32 Å². The lowest BCUT2D eigenvalue weighted by Crippen LogP contribution is -2.41. The van der Waals surface area contributed by atoms with Crippen molar-refractivity contribution in [3.05, 3.63) is 95.6 Å². The largest absolute Gasteiger partial charge is 0.368 e. The van der Waals surface area contributed by atoms with Crippen LogP contribution in [0.5, 0.6) is 0 Å². The lowest BCUT2D eigenvalue weighted by molar-refractivity contribution is 0.0234. The molecule has 4 rings (SSSR count). The van der Waals surface area contributed by atoms with Gasteiger partial charge in [-0.3, -0.25) is 4.79 Å². The van der Waals surface area contributed by atoms with Crippen molar-refractivity contribution in [3.63, 3.8) is 0 Å². The first-order valence-corrected chi connectivity index (χ1v) is 10.3. The molecule has 0 aliphatic carbocycles. The first-order chi connectivity index (χ1) is 14.2. The van der Waals surface area contributed by atoms with E-state index in [1.807, 2.05) is 42.5 Å². The molecule has 3 heteroatoms. The van der Waals surface area contributed by atoms with Gasteiger partial charge in [0.2, 0.25) is 0 Å². The van der Waals surface area contributed by atoms with Crippen molar-refractivity contribution >= 4 is 5.78 Å². The highest BCUT2D eigenvalue weighted by Gasteiger charge is 2.27. The van der Waals surface area contributed by atoms with E-state index >= 15 is 0 Å². The number of rotatable bonds is 6. The summed E-state index contributed by atoms with van der Waals surface area (Å²) in [7, 11) is 0. The Kier molecular flexibility index (Phi) is 6.18. The molecule has 3 aromatic rings. The number of piperidine rings is 1. The van der Waals surface area contributed by atoms with E-state index in [0.717, 1.165) is 30.6 Å². The highest BCUT2D eigenvalue weighted by Crippen LogP contribution is 2.28. The van der Waals surface area contributed by atoms with Crippen molar-refractivity contribution in [2.45, 2.75) is 25.4 Å². The lowest BCUT2D eigenvalue weighted by Gasteiger charge is -2.32. The third kappa shape index (κ3) is 4.81. The Hall–Kier alpha value is -2.75. The van der Waals surface area contributed by atoms with Crippen LogP contribution in [0.1, 0.15) is 33.8 Å². The Labute approximate surface area is 172 Å². The number of carbonyl (C=O) groups excluding carboxylic acids is 1. The lowest BCUT2D eigenvalue weighted by atomic mass is 9.87. The maximum atomic E-state index is 12.7. The normalized spacial score (nSPS) is 19.1. The number of benzene rings is 3. The fourth-order valence-corrected chi connectivity index (χ4v) is 3.95. The number of hydrogen-bond donors (Lipinski definition) is 1. The molecule has 0 amide bonds. The van der Waals surface area contributed by atoms with Crippen LogP contribution in [-0.2, 0) is 4.74 Å². The molecule has 0 spiro atoms. The minimum atomic E-state index is 0.0130. The quantitative estimate of drug-likeness (QED) is 0.607. The molecule has 0 aromatic heterocycles. The van der Waals surface area contributed by atoms with E-state index in [1.165, 1.54) is 11.1 Å². The number of nitrogens with one attached hydrogen (secondary N) is 1. The fourth-order valence-electron chi connectivity index (χ4n) is 3.95. The third-order valence-electron chi connectivity index (χ3n) is 5.67. The Balaban J connectivity index is 1.39. The first kappa shape index (κ1) is 19.6. The number of aryl methyl sites for hydroxylation is 1. The molecule has 0 unspecified atom stereocenters. The fraction of sp³-hybridized carbons (Fsp3) is 0.269. The van der Waals surface area contributed by atoms with Crippen LogP contribution in [0.2, 0.25) is 0 Å². The second-order valence-corrected chi connectivity index (χ2v) is 7.73. The number of ether oxygens (including phenoxy) is 1. The minimum absolute atomic E-state index is 0.0130. The van der Waals surface area contributed by atoms with Crippen molar-refractivity contribution in [1.29, 1.82) is 0 Å². The maximum Gasteiger partial charge on any atom is 0.188 e. The highest BCUT2D eigenvalue weighted by atomic mass is 16.5. The summed E-state index contributed by atoms with van der Waals surface area (Å²) in [5.41, 5.74) is 5.51. The third-order valence-corrected chi connectivity index (χ3v) is 5.67. The molecule has 1 N–H and O–H groups in total. The van der Waals surface area contributed by atoms with Crippen molar-refractivity contribution in [2.24, 2.45) is 0 Å². The first-order valence-electron chi connectivity index (χ1n) is 10.3. The van der Waals surface area contributed by atoms with Crippen LogP contribution in [0.15, 0.2) is 78.9 Å². The van der Waals surface area contributed by atoms with E-state index in [0.29, 0.717) is 11.5 Å². The SMILES string of the molecule is Cc1ccc([C@H]2CCNC[C@@H]2OCC(=O)c2ccc(-c3ccccc3)cc2)cc1. The summed E-state index contributed by atoms with van der Waals surface area (Å²) in [6.07, 6.45) is 1.03. The van der Waals surface area contributed by atoms with Crippen LogP contribution in [0.4, 0.5) is 0 Å². The monoisotopic (exact) mass is 385 g/mol. The second kappa shape index (κ2) is 9.17. The molecule has 1 heterocycles. The molecule has 29 heavy (non-hydrogen) atoms. The molecule has 3 aromatic carbocycles. The van der Waals surface area contributed by atoms with Gasteiger partial charge >= 0.3 is 0 Å². The minimum Gasteiger partial charge on any atom is -0.368 e. The van der Waals surface area contributed by atoms with E-state index in [4.69, 9.17) is 4.74 Å². The van der Waals surface area contributed by atoms with Crippen LogP contribution in [0.25, 0.3) is 11.1 Å². The van der Waals surface area contributed by atoms with Crippen LogP contribution in [0.3, 0.4) is 0 Å². The van der Waals surface area contributed by atoms with Crippen molar-refractivity contribution in [3.8, 4) is 11.1 Å². The van der Waals surface area contributed by atoms with Crippen LogP contribution in [-0.4, -0.2) is 31.6 Å². The Morgan fingerprint density at radius 3 is 2.34 bits per heavy atom. The summed E-state index contributed by atoms with van der Waals surface area (Å²) in [4.78, 5) is 12.7. The van der Waals surface area contributed by atoms with Gasteiger partial charge in [-0.15, -0.1) is 0 Å². The summed E-state index contributed by atoms with van der Waals surface area (Å²) in [6.45, 7) is 3.97. The van der Waals surface area contributed by atoms with E-state index in [-0.39, 0.29) is 18.5 Å². The van der Waals surface area contributed by atoms with Gasteiger partial charge in [0.25, 0.3) is 0 Å². The zero-order valence-electron chi connectivity index (χ0n) is 16.8. The Morgan fingerprint density at radius 1 is 0.931 bits per heavy atom. The maximum absolute atomic E-state index is 12.7. The summed E-state index contributed by atoms with van der Waals surface area (Å²) < 4.78 is 6.10. The molecule has 2 atom stereocenters. The van der Waals surface area contributed by atoms with Gasteiger partial charge in [0.1, 0.15) is 6.61 Å². The Morgan fingerprint density at radius 2 is 1.62 bits per heavy atom. The number of Topliss-reactive ketones (excluding diaryl/α,β-unsaturated/α-hetero) is 1. The summed E-state index contributed by atoms with van der Waals surface area (Å²) in [5, 5.41) is 3.40. The average molecular weight is 386 g/mol. The smallest absolute Gasteiger partial charge is 0.188 e. The molecule has 0 bridgehead atoms. The molecule has 148 valence electrons. The molecular weight excluding hydrogens is 358 g/mol. The number of carbonyl (C=O) groups is 1. The van der Waals surface area contributed by atoms with Gasteiger partial charge in [0.15, 0.2) is 5.78 Å². The van der Waals surface area contributed by atoms with E-state index in [9.17, 15) is 4.79 Å². The van der Waals surface area contributed by atoms with Gasteiger partial charge in [0.05, 0.1) is 6.10 Å². The Bertz CT molecular complexity index is 933. The van der Waals surface area contributed by atoms with Gasteiger partial charge in [0, 0.05) is 18.0 Å². The molecule has 0 saturated carbocycles. The summed E-state index contributed by atoms with van der Waals surface area (Å²) in [6, 6.07) is 26.6. The second-order valence-electron chi connectivity index (χ2n) is 7.73. The molecule has 1 aliphatic heterocycles. The molecule has 0 radical (unpaired) electrons. The topological polar surface area (TPSA) is 38.3 Å². The number of ketones is 1. The van der Waals surface area contributed by atoms with Crippen molar-refractivity contribution < 1.29 is 9.53 Å². The van der Waals surface area contributed by atoms with E-state index in [2.05, 4.69) is 48.6 Å². The van der Waals surface area contributed by atoms with Gasteiger partial charge in [-0.05, 0) is 36.6 Å². The average Bonchev–Trinajstić information content (AvgIpc) is 2.79. The predicted molar refractivity (Wildman–Crippen MR) is 117 cm³/mol. The van der Waals surface area contributed by atoms with Gasteiger partial charge in [-0.2, -0.15) is 0 Å². The van der Waals surface area contributed by atoms with Crippen LogP contribution in [0, 0.1) is 6.92 Å². The number of hydrogen-bond acceptors (Lipinski definition) is 3.